The highest BCUT2D eigenvalue weighted by Gasteiger charge is 2.11. The highest BCUT2D eigenvalue weighted by molar-refractivity contribution is 7.99. The molecule has 0 radical (unpaired) electrons. The number of carbonyl (C=O) groups excluding carboxylic acids is 1. The lowest BCUT2D eigenvalue weighted by atomic mass is 10.2. The number of methoxy groups -OCH3 is 1. The van der Waals surface area contributed by atoms with E-state index in [0.29, 0.717) is 23.1 Å². The lowest BCUT2D eigenvalue weighted by molar-refractivity contribution is -0.115. The normalized spacial score (nSPS) is 10.5. The molecule has 6 nitrogen and oxygen atoms in total. The second kappa shape index (κ2) is 8.73. The number of rotatable bonds is 7. The SMILES string of the molecule is COc1ccc(SCCC(=O)Nc2nnc(-c3ccc(Cl)cc3)o2)cc1. The van der Waals surface area contributed by atoms with Crippen molar-refractivity contribution in [1.82, 2.24) is 10.2 Å². The molecule has 0 spiro atoms. The number of nitrogens with one attached hydrogen (secondary N) is 1. The van der Waals surface area contributed by atoms with E-state index in [1.807, 2.05) is 24.3 Å². The first-order chi connectivity index (χ1) is 12.6. The van der Waals surface area contributed by atoms with Gasteiger partial charge in [0.1, 0.15) is 5.75 Å². The monoisotopic (exact) mass is 389 g/mol. The van der Waals surface area contributed by atoms with E-state index in [0.717, 1.165) is 16.2 Å². The number of halogens is 1. The van der Waals surface area contributed by atoms with Crippen LogP contribution in [0.3, 0.4) is 0 Å². The smallest absolute Gasteiger partial charge is 0.322 e. The minimum Gasteiger partial charge on any atom is -0.497 e. The lowest BCUT2D eigenvalue weighted by Crippen LogP contribution is -2.12. The number of aromatic nitrogens is 2. The lowest BCUT2D eigenvalue weighted by Gasteiger charge is -2.03. The molecule has 3 rings (SSSR count). The van der Waals surface area contributed by atoms with E-state index >= 15 is 0 Å². The van der Waals surface area contributed by atoms with E-state index in [4.69, 9.17) is 20.8 Å². The predicted molar refractivity (Wildman–Crippen MR) is 102 cm³/mol. The first-order valence-electron chi connectivity index (χ1n) is 7.80. The van der Waals surface area contributed by atoms with Crippen LogP contribution in [0.15, 0.2) is 57.8 Å². The molecule has 26 heavy (non-hydrogen) atoms. The summed E-state index contributed by atoms with van der Waals surface area (Å²) >= 11 is 7.44. The van der Waals surface area contributed by atoms with Crippen LogP contribution in [0.2, 0.25) is 5.02 Å². The average Bonchev–Trinajstić information content (AvgIpc) is 3.11. The van der Waals surface area contributed by atoms with Crippen LogP contribution in [0.4, 0.5) is 6.01 Å². The topological polar surface area (TPSA) is 77.2 Å². The Labute approximate surface area is 159 Å². The largest absolute Gasteiger partial charge is 0.497 e. The second-order valence-electron chi connectivity index (χ2n) is 5.24. The van der Waals surface area contributed by atoms with Gasteiger partial charge in [0.25, 0.3) is 0 Å². The molecule has 1 aromatic heterocycles. The molecule has 0 unspecified atom stereocenters. The zero-order valence-electron chi connectivity index (χ0n) is 13.9. The standard InChI is InChI=1S/C18H16ClN3O3S/c1-24-14-6-8-15(9-7-14)26-11-10-16(23)20-18-22-21-17(25-18)12-2-4-13(19)5-3-12/h2-9H,10-11H2,1H3,(H,20,22,23). The van der Waals surface area contributed by atoms with Crippen LogP contribution in [0.5, 0.6) is 5.75 Å². The molecule has 8 heteroatoms. The quantitative estimate of drug-likeness (QED) is 0.598. The summed E-state index contributed by atoms with van der Waals surface area (Å²) in [7, 11) is 1.63. The number of benzene rings is 2. The number of ether oxygens (including phenoxy) is 1. The van der Waals surface area contributed by atoms with E-state index in [2.05, 4.69) is 15.5 Å². The first-order valence-corrected chi connectivity index (χ1v) is 9.16. The maximum atomic E-state index is 12.0. The number of amides is 1. The third kappa shape index (κ3) is 5.00. The molecular formula is C18H16ClN3O3S. The van der Waals surface area contributed by atoms with Crippen LogP contribution in [0.25, 0.3) is 11.5 Å². The van der Waals surface area contributed by atoms with Crippen LogP contribution in [-0.2, 0) is 4.79 Å². The number of nitrogens with zero attached hydrogens (tertiary/aromatic N) is 2. The van der Waals surface area contributed by atoms with Crippen LogP contribution in [-0.4, -0.2) is 29.0 Å². The molecule has 0 bridgehead atoms. The Morgan fingerprint density at radius 2 is 1.88 bits per heavy atom. The molecule has 0 aliphatic rings. The van der Waals surface area contributed by atoms with Gasteiger partial charge in [0.2, 0.25) is 11.8 Å². The maximum absolute atomic E-state index is 12.0. The molecular weight excluding hydrogens is 374 g/mol. The molecule has 134 valence electrons. The highest BCUT2D eigenvalue weighted by Crippen LogP contribution is 2.23. The highest BCUT2D eigenvalue weighted by atomic mass is 35.5. The van der Waals surface area contributed by atoms with Crippen LogP contribution in [0, 0.1) is 0 Å². The van der Waals surface area contributed by atoms with E-state index in [9.17, 15) is 4.79 Å². The third-order valence-corrected chi connectivity index (χ3v) is 4.69. The number of thioether (sulfide) groups is 1. The van der Waals surface area contributed by atoms with Gasteiger partial charge in [-0.2, -0.15) is 0 Å². The van der Waals surface area contributed by atoms with Gasteiger partial charge in [0.15, 0.2) is 0 Å². The fourth-order valence-corrected chi connectivity index (χ4v) is 3.08. The van der Waals surface area contributed by atoms with Gasteiger partial charge < -0.3 is 9.15 Å². The summed E-state index contributed by atoms with van der Waals surface area (Å²) in [5.41, 5.74) is 0.734. The van der Waals surface area contributed by atoms with Gasteiger partial charge in [0.05, 0.1) is 7.11 Å². The Kier molecular flexibility index (Phi) is 6.14. The molecule has 3 aromatic rings. The Bertz CT molecular complexity index is 866. The molecule has 2 aromatic carbocycles. The summed E-state index contributed by atoms with van der Waals surface area (Å²) in [6.07, 6.45) is 0.329. The van der Waals surface area contributed by atoms with Crippen LogP contribution >= 0.6 is 23.4 Å². The molecule has 0 aliphatic heterocycles. The molecule has 0 atom stereocenters. The van der Waals surface area contributed by atoms with Crippen molar-refractivity contribution < 1.29 is 13.9 Å². The zero-order chi connectivity index (χ0) is 18.4. The number of hydrogen-bond acceptors (Lipinski definition) is 6. The minimum absolute atomic E-state index is 0.0781. The van der Waals surface area contributed by atoms with Crippen molar-refractivity contribution in [1.29, 1.82) is 0 Å². The van der Waals surface area contributed by atoms with Gasteiger partial charge in [0, 0.05) is 27.7 Å². The summed E-state index contributed by atoms with van der Waals surface area (Å²) < 4.78 is 10.6. The van der Waals surface area contributed by atoms with Crippen molar-refractivity contribution in [2.45, 2.75) is 11.3 Å². The van der Waals surface area contributed by atoms with Crippen molar-refractivity contribution in [3.8, 4) is 17.2 Å². The Morgan fingerprint density at radius 3 is 2.58 bits per heavy atom. The molecule has 0 fully saturated rings. The van der Waals surface area contributed by atoms with E-state index in [1.54, 1.807) is 43.1 Å². The zero-order valence-corrected chi connectivity index (χ0v) is 15.5. The van der Waals surface area contributed by atoms with Gasteiger partial charge in [-0.15, -0.1) is 16.9 Å². The van der Waals surface area contributed by atoms with Gasteiger partial charge in [-0.1, -0.05) is 16.7 Å². The number of anilines is 1. The Morgan fingerprint density at radius 1 is 1.15 bits per heavy atom. The molecule has 1 N–H and O–H groups in total. The maximum Gasteiger partial charge on any atom is 0.322 e. The molecule has 0 aliphatic carbocycles. The first kappa shape index (κ1) is 18.3. The number of hydrogen-bond donors (Lipinski definition) is 1. The van der Waals surface area contributed by atoms with Crippen molar-refractivity contribution in [2.24, 2.45) is 0 Å². The van der Waals surface area contributed by atoms with Crippen LogP contribution in [0.1, 0.15) is 6.42 Å². The average molecular weight is 390 g/mol. The fraction of sp³-hybridized carbons (Fsp3) is 0.167. The van der Waals surface area contributed by atoms with Crippen molar-refractivity contribution in [2.75, 3.05) is 18.2 Å². The van der Waals surface area contributed by atoms with Crippen molar-refractivity contribution in [3.05, 3.63) is 53.6 Å². The molecule has 0 saturated carbocycles. The van der Waals surface area contributed by atoms with Gasteiger partial charge >= 0.3 is 6.01 Å². The van der Waals surface area contributed by atoms with E-state index in [1.165, 1.54) is 0 Å². The second-order valence-corrected chi connectivity index (χ2v) is 6.85. The summed E-state index contributed by atoms with van der Waals surface area (Å²) in [4.78, 5) is 13.1. The molecule has 0 saturated heterocycles. The van der Waals surface area contributed by atoms with Crippen molar-refractivity contribution >= 4 is 35.3 Å². The number of carbonyl (C=O) groups is 1. The molecule has 1 heterocycles. The van der Waals surface area contributed by atoms with Gasteiger partial charge in [-0.05, 0) is 48.5 Å². The van der Waals surface area contributed by atoms with Gasteiger partial charge in [-0.3, -0.25) is 10.1 Å². The van der Waals surface area contributed by atoms with Gasteiger partial charge in [-0.25, -0.2) is 0 Å². The fourth-order valence-electron chi connectivity index (χ4n) is 2.10. The van der Waals surface area contributed by atoms with E-state index in [-0.39, 0.29) is 11.9 Å². The summed E-state index contributed by atoms with van der Waals surface area (Å²) in [6, 6.07) is 14.8. The summed E-state index contributed by atoms with van der Waals surface area (Å²) in [5.74, 6) is 1.58. The predicted octanol–water partition coefficient (Wildman–Crippen LogP) is 4.52. The minimum atomic E-state index is -0.183. The van der Waals surface area contributed by atoms with Crippen LogP contribution < -0.4 is 10.1 Å². The summed E-state index contributed by atoms with van der Waals surface area (Å²) in [5, 5.41) is 11.0. The Balaban J connectivity index is 1.48. The Hall–Kier alpha value is -2.51. The van der Waals surface area contributed by atoms with E-state index < -0.39 is 0 Å². The summed E-state index contributed by atoms with van der Waals surface area (Å²) in [6.45, 7) is 0. The molecule has 1 amide bonds. The van der Waals surface area contributed by atoms with Crippen molar-refractivity contribution in [3.63, 3.8) is 0 Å². The third-order valence-electron chi connectivity index (χ3n) is 3.42.